The minimum absolute atomic E-state index is 0.187. The number of hydrogen-bond acceptors (Lipinski definition) is 4. The molecule has 0 aromatic heterocycles. The lowest BCUT2D eigenvalue weighted by Crippen LogP contribution is -2.08. The van der Waals surface area contributed by atoms with Crippen LogP contribution in [-0.2, 0) is 0 Å². The average Bonchev–Trinajstić information content (AvgIpc) is 2.28. The van der Waals surface area contributed by atoms with Gasteiger partial charge in [0.15, 0.2) is 11.3 Å². The lowest BCUT2D eigenvalue weighted by molar-refractivity contribution is 0.612. The maximum atomic E-state index is 11.4. The molecule has 0 amide bonds. The summed E-state index contributed by atoms with van der Waals surface area (Å²) in [5, 5.41) is 0. The Kier molecular flexibility index (Phi) is 1.92. The van der Waals surface area contributed by atoms with E-state index in [1.807, 2.05) is 25.1 Å². The number of fused-ring (bicyclic) bond motifs is 2. The molecule has 0 fully saturated rings. The van der Waals surface area contributed by atoms with Gasteiger partial charge in [0.05, 0.1) is 5.69 Å². The summed E-state index contributed by atoms with van der Waals surface area (Å²) in [6.45, 7) is 1.97. The van der Waals surface area contributed by atoms with E-state index >= 15 is 0 Å². The first-order chi connectivity index (χ1) is 8.13. The van der Waals surface area contributed by atoms with Crippen molar-refractivity contribution in [3.05, 3.63) is 46.1 Å². The van der Waals surface area contributed by atoms with E-state index in [9.17, 15) is 4.79 Å². The van der Waals surface area contributed by atoms with Gasteiger partial charge in [-0.2, -0.15) is 0 Å². The van der Waals surface area contributed by atoms with Crippen molar-refractivity contribution in [1.82, 2.24) is 4.98 Å². The molecule has 1 aromatic rings. The van der Waals surface area contributed by atoms with Crippen molar-refractivity contribution in [2.24, 2.45) is 0 Å². The second-order valence-corrected chi connectivity index (χ2v) is 4.04. The van der Waals surface area contributed by atoms with Crippen molar-refractivity contribution < 1.29 is 4.42 Å². The third kappa shape index (κ3) is 1.54. The van der Waals surface area contributed by atoms with Crippen molar-refractivity contribution in [1.29, 1.82) is 0 Å². The zero-order valence-corrected chi connectivity index (χ0v) is 9.23. The van der Waals surface area contributed by atoms with Crippen LogP contribution in [0.1, 0.15) is 5.56 Å². The Bertz CT molecular complexity index is 746. The molecule has 0 radical (unpaired) electrons. The number of anilines is 1. The highest BCUT2D eigenvalue weighted by molar-refractivity contribution is 5.77. The van der Waals surface area contributed by atoms with Gasteiger partial charge in [-0.25, -0.2) is 4.98 Å². The Morgan fingerprint density at radius 3 is 2.88 bits per heavy atom. The number of aryl methyl sites for hydroxylation is 1. The largest absolute Gasteiger partial charge is 0.453 e. The lowest BCUT2D eigenvalue weighted by atomic mass is 10.2. The SMILES string of the molecule is Cc1ccc2nc3cc(N)c(=O)cc-3oc2c1. The number of benzene rings is 2. The highest BCUT2D eigenvalue weighted by Crippen LogP contribution is 2.25. The van der Waals surface area contributed by atoms with Crippen LogP contribution in [0.25, 0.3) is 22.6 Å². The first kappa shape index (κ1) is 9.84. The minimum atomic E-state index is -0.241. The molecular weight excluding hydrogens is 216 g/mol. The Morgan fingerprint density at radius 2 is 2.06 bits per heavy atom. The molecule has 4 nitrogen and oxygen atoms in total. The lowest BCUT2D eigenvalue weighted by Gasteiger charge is -2.06. The van der Waals surface area contributed by atoms with Gasteiger partial charge >= 0.3 is 0 Å². The zero-order chi connectivity index (χ0) is 12.0. The monoisotopic (exact) mass is 226 g/mol. The number of hydrogen-bond donors (Lipinski definition) is 1. The maximum Gasteiger partial charge on any atom is 0.205 e. The molecule has 0 saturated carbocycles. The topological polar surface area (TPSA) is 69.1 Å². The highest BCUT2D eigenvalue weighted by atomic mass is 16.3. The second kappa shape index (κ2) is 3.31. The Balaban J connectivity index is 2.45. The first-order valence-electron chi connectivity index (χ1n) is 5.24. The van der Waals surface area contributed by atoms with E-state index in [1.54, 1.807) is 6.07 Å². The fourth-order valence-electron chi connectivity index (χ4n) is 1.78. The Labute approximate surface area is 97.0 Å². The van der Waals surface area contributed by atoms with Gasteiger partial charge in [-0.1, -0.05) is 6.07 Å². The molecule has 3 rings (SSSR count). The van der Waals surface area contributed by atoms with Gasteiger partial charge in [-0.3, -0.25) is 4.79 Å². The van der Waals surface area contributed by atoms with E-state index in [0.29, 0.717) is 17.0 Å². The van der Waals surface area contributed by atoms with Crippen molar-refractivity contribution in [2.75, 3.05) is 5.73 Å². The summed E-state index contributed by atoms with van der Waals surface area (Å²) in [5.74, 6) is 0.460. The maximum absolute atomic E-state index is 11.4. The fraction of sp³-hybridized carbons (Fsp3) is 0.0769. The number of rotatable bonds is 0. The molecule has 0 bridgehead atoms. The van der Waals surface area contributed by atoms with Crippen LogP contribution >= 0.6 is 0 Å². The van der Waals surface area contributed by atoms with Gasteiger partial charge in [-0.15, -0.1) is 0 Å². The molecule has 1 aliphatic carbocycles. The summed E-state index contributed by atoms with van der Waals surface area (Å²) >= 11 is 0. The predicted octanol–water partition coefficient (Wildman–Crippen LogP) is 2.18. The van der Waals surface area contributed by atoms with Crippen molar-refractivity contribution >= 4 is 16.8 Å². The van der Waals surface area contributed by atoms with Crippen LogP contribution in [0, 0.1) is 6.92 Å². The van der Waals surface area contributed by atoms with Crippen LogP contribution in [0.2, 0.25) is 0 Å². The average molecular weight is 226 g/mol. The van der Waals surface area contributed by atoms with Crippen LogP contribution in [0.5, 0.6) is 0 Å². The summed E-state index contributed by atoms with van der Waals surface area (Å²) < 4.78 is 5.64. The smallest absolute Gasteiger partial charge is 0.205 e. The van der Waals surface area contributed by atoms with Crippen LogP contribution in [0.3, 0.4) is 0 Å². The summed E-state index contributed by atoms with van der Waals surface area (Å²) in [5.41, 5.74) is 8.60. The number of aromatic nitrogens is 1. The zero-order valence-electron chi connectivity index (χ0n) is 9.23. The van der Waals surface area contributed by atoms with E-state index in [4.69, 9.17) is 10.2 Å². The van der Waals surface area contributed by atoms with Gasteiger partial charge in [0.25, 0.3) is 0 Å². The molecule has 1 aromatic carbocycles. The molecule has 84 valence electrons. The Morgan fingerprint density at radius 1 is 1.24 bits per heavy atom. The second-order valence-electron chi connectivity index (χ2n) is 4.04. The first-order valence-corrected chi connectivity index (χ1v) is 5.24. The molecule has 17 heavy (non-hydrogen) atoms. The number of nitrogen functional groups attached to an aromatic ring is 1. The van der Waals surface area contributed by atoms with Gasteiger partial charge < -0.3 is 10.2 Å². The van der Waals surface area contributed by atoms with Crippen molar-refractivity contribution in [3.63, 3.8) is 0 Å². The van der Waals surface area contributed by atoms with E-state index in [1.165, 1.54) is 6.07 Å². The molecule has 0 atom stereocenters. The third-order valence-electron chi connectivity index (χ3n) is 2.67. The van der Waals surface area contributed by atoms with Gasteiger partial charge in [0.2, 0.25) is 5.43 Å². The number of nitrogens with zero attached hydrogens (tertiary/aromatic N) is 1. The quantitative estimate of drug-likeness (QED) is 0.471. The van der Waals surface area contributed by atoms with E-state index in [2.05, 4.69) is 4.98 Å². The Hall–Kier alpha value is -2.36. The third-order valence-corrected chi connectivity index (χ3v) is 2.67. The molecule has 0 unspecified atom stereocenters. The normalized spacial score (nSPS) is 11.1. The molecule has 1 heterocycles. The van der Waals surface area contributed by atoms with Crippen LogP contribution in [0.4, 0.5) is 5.69 Å². The standard InChI is InChI=1S/C13H10N2O2/c1-7-2-3-9-12(4-7)17-13-6-11(16)8(14)5-10(13)15-9/h2-6H,14H2,1H3. The molecule has 0 saturated heterocycles. The van der Waals surface area contributed by atoms with Crippen molar-refractivity contribution in [3.8, 4) is 11.5 Å². The molecule has 2 aliphatic rings. The van der Waals surface area contributed by atoms with Gasteiger partial charge in [0, 0.05) is 6.07 Å². The van der Waals surface area contributed by atoms with E-state index in [-0.39, 0.29) is 11.1 Å². The predicted molar refractivity (Wildman–Crippen MR) is 66.1 cm³/mol. The van der Waals surface area contributed by atoms with Crippen LogP contribution in [0.15, 0.2) is 39.5 Å². The summed E-state index contributed by atoms with van der Waals surface area (Å²) in [6, 6.07) is 8.65. The van der Waals surface area contributed by atoms with E-state index in [0.717, 1.165) is 11.1 Å². The summed E-state index contributed by atoms with van der Waals surface area (Å²) in [7, 11) is 0. The molecular formula is C13H10N2O2. The highest BCUT2D eigenvalue weighted by Gasteiger charge is 2.11. The van der Waals surface area contributed by atoms with Crippen molar-refractivity contribution in [2.45, 2.75) is 6.92 Å². The summed E-state index contributed by atoms with van der Waals surface area (Å²) in [6.07, 6.45) is 0. The van der Waals surface area contributed by atoms with Gasteiger partial charge in [-0.05, 0) is 30.7 Å². The molecule has 4 heteroatoms. The van der Waals surface area contributed by atoms with E-state index < -0.39 is 0 Å². The number of nitrogens with two attached hydrogens (primary N) is 1. The minimum Gasteiger partial charge on any atom is -0.453 e. The summed E-state index contributed by atoms with van der Waals surface area (Å²) in [4.78, 5) is 15.8. The fourth-order valence-corrected chi connectivity index (χ4v) is 1.78. The van der Waals surface area contributed by atoms with Crippen LogP contribution in [-0.4, -0.2) is 4.98 Å². The molecule has 0 spiro atoms. The molecule has 2 N–H and O–H groups in total. The van der Waals surface area contributed by atoms with Gasteiger partial charge in [0.1, 0.15) is 11.2 Å². The molecule has 1 aliphatic heterocycles. The van der Waals surface area contributed by atoms with Crippen LogP contribution < -0.4 is 11.2 Å².